The van der Waals surface area contributed by atoms with Gasteiger partial charge in [0.2, 0.25) is 0 Å². The van der Waals surface area contributed by atoms with Crippen LogP contribution in [0.5, 0.6) is 0 Å². The normalized spacial score (nSPS) is 10.5. The summed E-state index contributed by atoms with van der Waals surface area (Å²) in [6.07, 6.45) is 3.62. The van der Waals surface area contributed by atoms with E-state index in [9.17, 15) is 4.79 Å². The number of hydrogen-bond acceptors (Lipinski definition) is 4. The van der Waals surface area contributed by atoms with Gasteiger partial charge in [-0.1, -0.05) is 49.2 Å². The molecule has 3 aromatic rings. The van der Waals surface area contributed by atoms with Crippen molar-refractivity contribution in [2.24, 2.45) is 0 Å². The lowest BCUT2D eigenvalue weighted by Crippen LogP contribution is -2.27. The molecule has 0 atom stereocenters. The Balaban J connectivity index is 1.76. The average molecular weight is 374 g/mol. The van der Waals surface area contributed by atoms with Crippen LogP contribution in [-0.2, 0) is 0 Å². The molecular formula is C23H26N4O. The van der Waals surface area contributed by atoms with Crippen LogP contribution < -0.4 is 5.32 Å². The quantitative estimate of drug-likeness (QED) is 0.627. The molecule has 5 heteroatoms. The molecule has 0 saturated carbocycles. The third-order valence-electron chi connectivity index (χ3n) is 4.59. The summed E-state index contributed by atoms with van der Waals surface area (Å²) in [5, 5.41) is 3.28. The van der Waals surface area contributed by atoms with Crippen molar-refractivity contribution in [3.63, 3.8) is 0 Å². The number of benzene rings is 2. The van der Waals surface area contributed by atoms with E-state index in [0.29, 0.717) is 11.4 Å². The molecule has 0 unspecified atom stereocenters. The summed E-state index contributed by atoms with van der Waals surface area (Å²) in [5.74, 6) is 0.717. The Kier molecular flexibility index (Phi) is 6.37. The standard InChI is InChI=1S/C23H26N4O/c1-4-5-13-27(3)23(28)19-7-6-8-20(14-19)26-22-15-21(24-16-25-22)18-11-9-17(2)10-12-18/h6-12,14-16H,4-5,13H2,1-3H3,(H,24,25,26). The van der Waals surface area contributed by atoms with Crippen LogP contribution in [-0.4, -0.2) is 34.4 Å². The Morgan fingerprint density at radius 1 is 1.07 bits per heavy atom. The van der Waals surface area contributed by atoms with E-state index in [1.54, 1.807) is 11.2 Å². The number of carbonyl (C=O) groups is 1. The molecular weight excluding hydrogens is 348 g/mol. The molecule has 1 heterocycles. The van der Waals surface area contributed by atoms with Crippen LogP contribution >= 0.6 is 0 Å². The van der Waals surface area contributed by atoms with Crippen LogP contribution in [0.25, 0.3) is 11.3 Å². The van der Waals surface area contributed by atoms with E-state index in [1.807, 2.05) is 49.5 Å². The molecule has 0 saturated heterocycles. The second kappa shape index (κ2) is 9.13. The zero-order valence-corrected chi connectivity index (χ0v) is 16.6. The van der Waals surface area contributed by atoms with Crippen LogP contribution in [0.1, 0.15) is 35.7 Å². The summed E-state index contributed by atoms with van der Waals surface area (Å²) >= 11 is 0. The molecule has 0 bridgehead atoms. The zero-order valence-electron chi connectivity index (χ0n) is 16.6. The van der Waals surface area contributed by atoms with Gasteiger partial charge < -0.3 is 10.2 Å². The van der Waals surface area contributed by atoms with Gasteiger partial charge in [0.15, 0.2) is 0 Å². The van der Waals surface area contributed by atoms with E-state index in [4.69, 9.17) is 0 Å². The number of aromatic nitrogens is 2. The van der Waals surface area contributed by atoms with Crippen LogP contribution in [0.4, 0.5) is 11.5 Å². The molecule has 1 N–H and O–H groups in total. The predicted octanol–water partition coefficient (Wildman–Crippen LogP) is 5.07. The molecule has 144 valence electrons. The molecule has 2 aromatic carbocycles. The monoisotopic (exact) mass is 374 g/mol. The van der Waals surface area contributed by atoms with Gasteiger partial charge in [0.05, 0.1) is 5.69 Å². The smallest absolute Gasteiger partial charge is 0.253 e. The van der Waals surface area contributed by atoms with E-state index >= 15 is 0 Å². The summed E-state index contributed by atoms with van der Waals surface area (Å²) in [5.41, 5.74) is 4.59. The van der Waals surface area contributed by atoms with Crippen molar-refractivity contribution in [1.29, 1.82) is 0 Å². The van der Waals surface area contributed by atoms with Crippen molar-refractivity contribution < 1.29 is 4.79 Å². The number of anilines is 2. The fourth-order valence-corrected chi connectivity index (χ4v) is 2.90. The van der Waals surface area contributed by atoms with E-state index in [-0.39, 0.29) is 5.91 Å². The van der Waals surface area contributed by atoms with Crippen LogP contribution in [0.3, 0.4) is 0 Å². The van der Waals surface area contributed by atoms with Gasteiger partial charge in [-0.3, -0.25) is 4.79 Å². The number of rotatable bonds is 7. The second-order valence-corrected chi connectivity index (χ2v) is 6.94. The zero-order chi connectivity index (χ0) is 19.9. The number of carbonyl (C=O) groups excluding carboxylic acids is 1. The fourth-order valence-electron chi connectivity index (χ4n) is 2.90. The average Bonchev–Trinajstić information content (AvgIpc) is 2.72. The van der Waals surface area contributed by atoms with Gasteiger partial charge in [0, 0.05) is 36.5 Å². The Morgan fingerprint density at radius 3 is 2.61 bits per heavy atom. The van der Waals surface area contributed by atoms with Crippen LogP contribution in [0, 0.1) is 6.92 Å². The molecule has 0 aliphatic rings. The number of nitrogens with one attached hydrogen (secondary N) is 1. The largest absolute Gasteiger partial charge is 0.342 e. The van der Waals surface area contributed by atoms with Gasteiger partial charge in [-0.15, -0.1) is 0 Å². The molecule has 0 fully saturated rings. The number of nitrogens with zero attached hydrogens (tertiary/aromatic N) is 3. The Hall–Kier alpha value is -3.21. The van der Waals surface area contributed by atoms with Crippen molar-refractivity contribution >= 4 is 17.4 Å². The van der Waals surface area contributed by atoms with Crippen molar-refractivity contribution in [1.82, 2.24) is 14.9 Å². The number of amides is 1. The second-order valence-electron chi connectivity index (χ2n) is 6.94. The van der Waals surface area contributed by atoms with Crippen molar-refractivity contribution in [3.05, 3.63) is 72.1 Å². The molecule has 28 heavy (non-hydrogen) atoms. The molecule has 0 aliphatic heterocycles. The molecule has 0 aliphatic carbocycles. The van der Waals surface area contributed by atoms with Gasteiger partial charge in [-0.25, -0.2) is 9.97 Å². The Bertz CT molecular complexity index is 937. The maximum Gasteiger partial charge on any atom is 0.253 e. The van der Waals surface area contributed by atoms with E-state index in [2.05, 4.69) is 41.3 Å². The highest BCUT2D eigenvalue weighted by atomic mass is 16.2. The first-order valence-corrected chi connectivity index (χ1v) is 9.58. The maximum atomic E-state index is 12.6. The summed E-state index contributed by atoms with van der Waals surface area (Å²) in [6.45, 7) is 4.94. The molecule has 0 spiro atoms. The van der Waals surface area contributed by atoms with E-state index in [0.717, 1.165) is 36.3 Å². The number of unbranched alkanes of at least 4 members (excludes halogenated alkanes) is 1. The molecule has 1 aromatic heterocycles. The lowest BCUT2D eigenvalue weighted by molar-refractivity contribution is 0.0793. The predicted molar refractivity (Wildman–Crippen MR) is 114 cm³/mol. The summed E-state index contributed by atoms with van der Waals surface area (Å²) in [6, 6.07) is 17.6. The lowest BCUT2D eigenvalue weighted by atomic mass is 10.1. The van der Waals surface area contributed by atoms with Gasteiger partial charge in [-0.05, 0) is 31.5 Å². The molecule has 3 rings (SSSR count). The van der Waals surface area contributed by atoms with Gasteiger partial charge in [-0.2, -0.15) is 0 Å². The molecule has 0 radical (unpaired) electrons. The van der Waals surface area contributed by atoms with Crippen molar-refractivity contribution in [2.75, 3.05) is 18.9 Å². The van der Waals surface area contributed by atoms with Crippen LogP contribution in [0.15, 0.2) is 60.9 Å². The molecule has 5 nitrogen and oxygen atoms in total. The third-order valence-corrected chi connectivity index (χ3v) is 4.59. The highest BCUT2D eigenvalue weighted by Gasteiger charge is 2.12. The minimum atomic E-state index is 0.0279. The van der Waals surface area contributed by atoms with Gasteiger partial charge in [0.25, 0.3) is 5.91 Å². The van der Waals surface area contributed by atoms with Gasteiger partial charge >= 0.3 is 0 Å². The SMILES string of the molecule is CCCCN(C)C(=O)c1cccc(Nc2cc(-c3ccc(C)cc3)ncn2)c1. The minimum Gasteiger partial charge on any atom is -0.342 e. The fraction of sp³-hybridized carbons (Fsp3) is 0.261. The van der Waals surface area contributed by atoms with Gasteiger partial charge in [0.1, 0.15) is 12.1 Å². The third kappa shape index (κ3) is 4.94. The lowest BCUT2D eigenvalue weighted by Gasteiger charge is -2.17. The maximum absolute atomic E-state index is 12.6. The number of aryl methyl sites for hydroxylation is 1. The summed E-state index contributed by atoms with van der Waals surface area (Å²) in [4.78, 5) is 23.0. The van der Waals surface area contributed by atoms with E-state index < -0.39 is 0 Å². The Labute approximate surface area is 166 Å². The Morgan fingerprint density at radius 2 is 1.86 bits per heavy atom. The molecule has 1 amide bonds. The van der Waals surface area contributed by atoms with Crippen molar-refractivity contribution in [3.8, 4) is 11.3 Å². The summed E-state index contributed by atoms with van der Waals surface area (Å²) < 4.78 is 0. The highest BCUT2D eigenvalue weighted by Crippen LogP contribution is 2.22. The number of hydrogen-bond donors (Lipinski definition) is 1. The van der Waals surface area contributed by atoms with E-state index in [1.165, 1.54) is 5.56 Å². The highest BCUT2D eigenvalue weighted by molar-refractivity contribution is 5.95. The minimum absolute atomic E-state index is 0.0279. The first-order chi connectivity index (χ1) is 13.6. The summed E-state index contributed by atoms with van der Waals surface area (Å²) in [7, 11) is 1.84. The topological polar surface area (TPSA) is 58.1 Å². The first-order valence-electron chi connectivity index (χ1n) is 9.58. The van der Waals surface area contributed by atoms with Crippen LogP contribution in [0.2, 0.25) is 0 Å². The van der Waals surface area contributed by atoms with Crippen molar-refractivity contribution in [2.45, 2.75) is 26.7 Å². The first kappa shape index (κ1) is 19.5.